The highest BCUT2D eigenvalue weighted by molar-refractivity contribution is 5.97. The Bertz CT molecular complexity index is 1030. The lowest BCUT2D eigenvalue weighted by molar-refractivity contribution is -0.133. The summed E-state index contributed by atoms with van der Waals surface area (Å²) in [7, 11) is 0. The number of carbonyl (C=O) groups is 2. The van der Waals surface area contributed by atoms with Crippen LogP contribution in [0.2, 0.25) is 0 Å². The highest BCUT2D eigenvalue weighted by atomic mass is 16.3. The molecule has 31 heavy (non-hydrogen) atoms. The SMILES string of the molecule is O=C(NC(C(=O)N1CCN(c2ccccc2O)CC1)c1ccccc1)c1ccccc1. The quantitative estimate of drug-likeness (QED) is 0.671. The van der Waals surface area contributed by atoms with Crippen LogP contribution in [0.5, 0.6) is 5.75 Å². The number of hydrogen-bond donors (Lipinski definition) is 2. The minimum absolute atomic E-state index is 0.132. The molecule has 0 aromatic heterocycles. The summed E-state index contributed by atoms with van der Waals surface area (Å²) >= 11 is 0. The number of para-hydroxylation sites is 2. The number of hydrogen-bond acceptors (Lipinski definition) is 4. The first kappa shape index (κ1) is 20.5. The summed E-state index contributed by atoms with van der Waals surface area (Å²) in [6, 6.07) is 24.7. The van der Waals surface area contributed by atoms with Gasteiger partial charge in [0.25, 0.3) is 5.91 Å². The van der Waals surface area contributed by atoms with Crippen molar-refractivity contribution in [2.24, 2.45) is 0 Å². The maximum atomic E-state index is 13.4. The first-order valence-corrected chi connectivity index (χ1v) is 10.4. The lowest BCUT2D eigenvalue weighted by atomic mass is 10.0. The standard InChI is InChI=1S/C25H25N3O3/c29-22-14-8-7-13-21(22)27-15-17-28(18-16-27)25(31)23(19-9-3-1-4-10-19)26-24(30)20-11-5-2-6-12-20/h1-14,23,29H,15-18H2,(H,26,30). The normalized spacial score (nSPS) is 14.7. The van der Waals surface area contributed by atoms with E-state index in [9.17, 15) is 14.7 Å². The van der Waals surface area contributed by atoms with Crippen LogP contribution in [-0.2, 0) is 4.79 Å². The van der Waals surface area contributed by atoms with Gasteiger partial charge in [0.15, 0.2) is 0 Å². The number of phenols is 1. The zero-order valence-electron chi connectivity index (χ0n) is 17.1. The van der Waals surface area contributed by atoms with Gasteiger partial charge in [0.05, 0.1) is 5.69 Å². The van der Waals surface area contributed by atoms with Crippen molar-refractivity contribution in [3.8, 4) is 5.75 Å². The lowest BCUT2D eigenvalue weighted by Gasteiger charge is -2.38. The van der Waals surface area contributed by atoms with Crippen molar-refractivity contribution in [2.45, 2.75) is 6.04 Å². The minimum atomic E-state index is -0.759. The molecule has 1 atom stereocenters. The molecule has 1 saturated heterocycles. The van der Waals surface area contributed by atoms with Gasteiger partial charge in [0.2, 0.25) is 5.91 Å². The smallest absolute Gasteiger partial charge is 0.252 e. The maximum absolute atomic E-state index is 13.4. The van der Waals surface area contributed by atoms with Gasteiger partial charge >= 0.3 is 0 Å². The molecule has 4 rings (SSSR count). The Labute approximate surface area is 181 Å². The molecule has 1 fully saturated rings. The van der Waals surface area contributed by atoms with Gasteiger partial charge in [-0.15, -0.1) is 0 Å². The molecule has 0 saturated carbocycles. The molecular formula is C25H25N3O3. The van der Waals surface area contributed by atoms with Crippen LogP contribution in [0.15, 0.2) is 84.9 Å². The van der Waals surface area contributed by atoms with E-state index < -0.39 is 6.04 Å². The fourth-order valence-electron chi connectivity index (χ4n) is 3.82. The largest absolute Gasteiger partial charge is 0.506 e. The molecule has 0 aliphatic carbocycles. The molecular weight excluding hydrogens is 390 g/mol. The third kappa shape index (κ3) is 4.69. The molecule has 3 aromatic rings. The minimum Gasteiger partial charge on any atom is -0.506 e. The molecule has 2 amide bonds. The monoisotopic (exact) mass is 415 g/mol. The van der Waals surface area contributed by atoms with Gasteiger partial charge in [-0.1, -0.05) is 60.7 Å². The van der Waals surface area contributed by atoms with Crippen LogP contribution in [0.3, 0.4) is 0 Å². The summed E-state index contributed by atoms with van der Waals surface area (Å²) in [5, 5.41) is 13.0. The van der Waals surface area contributed by atoms with Gasteiger partial charge in [-0.2, -0.15) is 0 Å². The summed E-state index contributed by atoms with van der Waals surface area (Å²) in [5.41, 5.74) is 2.03. The number of nitrogens with zero attached hydrogens (tertiary/aromatic N) is 2. The summed E-state index contributed by atoms with van der Waals surface area (Å²) in [4.78, 5) is 30.0. The predicted molar refractivity (Wildman–Crippen MR) is 120 cm³/mol. The zero-order valence-corrected chi connectivity index (χ0v) is 17.1. The number of amides is 2. The lowest BCUT2D eigenvalue weighted by Crippen LogP contribution is -2.52. The molecule has 1 heterocycles. The van der Waals surface area contributed by atoms with E-state index in [1.807, 2.05) is 48.5 Å². The average Bonchev–Trinajstić information content (AvgIpc) is 2.83. The van der Waals surface area contributed by atoms with Crippen molar-refractivity contribution >= 4 is 17.5 Å². The summed E-state index contributed by atoms with van der Waals surface area (Å²) in [6.45, 7) is 2.24. The van der Waals surface area contributed by atoms with Gasteiger partial charge in [-0.3, -0.25) is 9.59 Å². The van der Waals surface area contributed by atoms with Gasteiger partial charge in [-0.05, 0) is 29.8 Å². The second-order valence-corrected chi connectivity index (χ2v) is 7.48. The van der Waals surface area contributed by atoms with Crippen LogP contribution in [0.1, 0.15) is 22.0 Å². The van der Waals surface area contributed by atoms with Crippen LogP contribution in [0.25, 0.3) is 0 Å². The number of carbonyl (C=O) groups excluding carboxylic acids is 2. The summed E-state index contributed by atoms with van der Waals surface area (Å²) in [5.74, 6) is -0.178. The molecule has 0 radical (unpaired) electrons. The molecule has 6 nitrogen and oxygen atoms in total. The second-order valence-electron chi connectivity index (χ2n) is 7.48. The fourth-order valence-corrected chi connectivity index (χ4v) is 3.82. The van der Waals surface area contributed by atoms with Gasteiger partial charge in [0.1, 0.15) is 11.8 Å². The van der Waals surface area contributed by atoms with E-state index in [0.29, 0.717) is 31.7 Å². The molecule has 3 aromatic carbocycles. The Kier molecular flexibility index (Phi) is 6.17. The molecule has 1 unspecified atom stereocenters. The number of aromatic hydroxyl groups is 1. The van der Waals surface area contributed by atoms with Crippen molar-refractivity contribution in [2.75, 3.05) is 31.1 Å². The molecule has 0 spiro atoms. The van der Waals surface area contributed by atoms with E-state index in [1.54, 1.807) is 41.3 Å². The Morgan fingerprint density at radius 1 is 0.774 bits per heavy atom. The van der Waals surface area contributed by atoms with Crippen molar-refractivity contribution in [3.05, 3.63) is 96.1 Å². The average molecular weight is 415 g/mol. The fraction of sp³-hybridized carbons (Fsp3) is 0.200. The number of benzene rings is 3. The number of nitrogens with one attached hydrogen (secondary N) is 1. The van der Waals surface area contributed by atoms with E-state index in [4.69, 9.17) is 0 Å². The molecule has 158 valence electrons. The highest BCUT2D eigenvalue weighted by Gasteiger charge is 2.30. The van der Waals surface area contributed by atoms with E-state index >= 15 is 0 Å². The van der Waals surface area contributed by atoms with Crippen molar-refractivity contribution < 1.29 is 14.7 Å². The van der Waals surface area contributed by atoms with Crippen molar-refractivity contribution in [3.63, 3.8) is 0 Å². The molecule has 2 N–H and O–H groups in total. The molecule has 1 aliphatic heterocycles. The van der Waals surface area contributed by atoms with Gasteiger partial charge in [-0.25, -0.2) is 0 Å². The van der Waals surface area contributed by atoms with Crippen LogP contribution < -0.4 is 10.2 Å². The second kappa shape index (κ2) is 9.34. The Morgan fingerprint density at radius 2 is 1.35 bits per heavy atom. The summed E-state index contributed by atoms with van der Waals surface area (Å²) < 4.78 is 0. The third-order valence-corrected chi connectivity index (χ3v) is 5.51. The Morgan fingerprint density at radius 3 is 2.00 bits per heavy atom. The van der Waals surface area contributed by atoms with Crippen molar-refractivity contribution in [1.82, 2.24) is 10.2 Å². The van der Waals surface area contributed by atoms with E-state index in [1.165, 1.54) is 0 Å². The van der Waals surface area contributed by atoms with Crippen molar-refractivity contribution in [1.29, 1.82) is 0 Å². The van der Waals surface area contributed by atoms with E-state index in [-0.39, 0.29) is 17.6 Å². The third-order valence-electron chi connectivity index (χ3n) is 5.51. The van der Waals surface area contributed by atoms with Crippen LogP contribution >= 0.6 is 0 Å². The zero-order chi connectivity index (χ0) is 21.6. The van der Waals surface area contributed by atoms with E-state index in [0.717, 1.165) is 11.3 Å². The van der Waals surface area contributed by atoms with E-state index in [2.05, 4.69) is 10.2 Å². The predicted octanol–water partition coefficient (Wildman–Crippen LogP) is 3.21. The number of piperazine rings is 1. The van der Waals surface area contributed by atoms with Gasteiger partial charge in [0, 0.05) is 31.7 Å². The molecule has 1 aliphatic rings. The maximum Gasteiger partial charge on any atom is 0.252 e. The Balaban J connectivity index is 1.49. The van der Waals surface area contributed by atoms with Gasteiger partial charge < -0.3 is 20.2 Å². The summed E-state index contributed by atoms with van der Waals surface area (Å²) in [6.07, 6.45) is 0. The Hall–Kier alpha value is -3.80. The first-order chi connectivity index (χ1) is 15.1. The topological polar surface area (TPSA) is 72.9 Å². The van der Waals surface area contributed by atoms with Crippen LogP contribution in [0, 0.1) is 0 Å². The first-order valence-electron chi connectivity index (χ1n) is 10.4. The number of phenolic OH excluding ortho intramolecular Hbond substituents is 1. The highest BCUT2D eigenvalue weighted by Crippen LogP contribution is 2.28. The number of anilines is 1. The number of rotatable bonds is 5. The molecule has 0 bridgehead atoms. The van der Waals surface area contributed by atoms with Crippen LogP contribution in [0.4, 0.5) is 5.69 Å². The van der Waals surface area contributed by atoms with Crippen LogP contribution in [-0.4, -0.2) is 48.0 Å². The molecule has 6 heteroatoms.